The highest BCUT2D eigenvalue weighted by Gasteiger charge is 2.08. The maximum absolute atomic E-state index is 9.10. The highest BCUT2D eigenvalue weighted by molar-refractivity contribution is 6.27. The smallest absolute Gasteiger partial charge is 0.414 e. The summed E-state index contributed by atoms with van der Waals surface area (Å²) in [6.07, 6.45) is 7.80. The third-order valence-corrected chi connectivity index (χ3v) is 4.10. The van der Waals surface area contributed by atoms with Gasteiger partial charge >= 0.3 is 11.9 Å². The second-order valence-electron chi connectivity index (χ2n) is 6.07. The molecule has 0 spiro atoms. The summed E-state index contributed by atoms with van der Waals surface area (Å²) in [5.41, 5.74) is 1.37. The van der Waals surface area contributed by atoms with Crippen molar-refractivity contribution in [2.75, 3.05) is 26.2 Å². The molecule has 0 saturated carbocycles. The van der Waals surface area contributed by atoms with Crippen molar-refractivity contribution in [3.05, 3.63) is 29.8 Å². The van der Waals surface area contributed by atoms with Gasteiger partial charge in [0, 0.05) is 6.54 Å². The monoisotopic (exact) mass is 351 g/mol. The summed E-state index contributed by atoms with van der Waals surface area (Å²) in [7, 11) is 0. The number of benzene rings is 1. The molecule has 6 heteroatoms. The Morgan fingerprint density at radius 3 is 2.04 bits per heavy atom. The third-order valence-electron chi connectivity index (χ3n) is 4.10. The number of ether oxygens (including phenoxy) is 1. The zero-order valence-electron chi connectivity index (χ0n) is 14.9. The fourth-order valence-corrected chi connectivity index (χ4v) is 2.66. The summed E-state index contributed by atoms with van der Waals surface area (Å²) < 4.78 is 5.80. The molecule has 0 unspecified atom stereocenters. The van der Waals surface area contributed by atoms with Gasteiger partial charge < -0.3 is 19.8 Å². The summed E-state index contributed by atoms with van der Waals surface area (Å²) in [6.45, 7) is 6.77. The van der Waals surface area contributed by atoms with E-state index >= 15 is 0 Å². The van der Waals surface area contributed by atoms with Crippen LogP contribution >= 0.6 is 0 Å². The predicted molar refractivity (Wildman–Crippen MR) is 96.1 cm³/mol. The van der Waals surface area contributed by atoms with Crippen LogP contribution < -0.4 is 4.74 Å². The number of aryl methyl sites for hydroxylation is 1. The normalized spacial score (nSPS) is 14.8. The Kier molecular flexibility index (Phi) is 10.3. The molecule has 0 amide bonds. The topological polar surface area (TPSA) is 87.1 Å². The first-order valence-corrected chi connectivity index (χ1v) is 8.93. The number of hydrogen-bond donors (Lipinski definition) is 2. The Morgan fingerprint density at radius 2 is 1.56 bits per heavy atom. The summed E-state index contributed by atoms with van der Waals surface area (Å²) in [4.78, 5) is 20.8. The van der Waals surface area contributed by atoms with Crippen LogP contribution in [0, 0.1) is 0 Å². The average molecular weight is 351 g/mol. The van der Waals surface area contributed by atoms with Crippen LogP contribution in [0.25, 0.3) is 0 Å². The van der Waals surface area contributed by atoms with E-state index in [0.717, 1.165) is 25.2 Å². The van der Waals surface area contributed by atoms with Gasteiger partial charge in [-0.1, -0.05) is 31.9 Å². The first-order chi connectivity index (χ1) is 12.0. The van der Waals surface area contributed by atoms with E-state index in [9.17, 15) is 0 Å². The fraction of sp³-hybridized carbons (Fsp3) is 0.579. The summed E-state index contributed by atoms with van der Waals surface area (Å²) in [5, 5.41) is 14.8. The van der Waals surface area contributed by atoms with Gasteiger partial charge in [-0.25, -0.2) is 9.59 Å². The van der Waals surface area contributed by atoms with Gasteiger partial charge in [0.25, 0.3) is 0 Å². The van der Waals surface area contributed by atoms with Gasteiger partial charge in [-0.3, -0.25) is 0 Å². The molecular weight excluding hydrogens is 322 g/mol. The van der Waals surface area contributed by atoms with Crippen LogP contribution in [0.1, 0.15) is 44.6 Å². The van der Waals surface area contributed by atoms with Crippen molar-refractivity contribution in [3.8, 4) is 5.75 Å². The number of carboxylic acid groups (broad SMARTS) is 2. The number of nitrogens with zero attached hydrogens (tertiary/aromatic N) is 1. The zero-order chi connectivity index (χ0) is 18.5. The molecule has 0 aliphatic carbocycles. The Labute approximate surface area is 149 Å². The lowest BCUT2D eigenvalue weighted by Crippen LogP contribution is -2.26. The fourth-order valence-electron chi connectivity index (χ4n) is 2.66. The molecule has 1 aliphatic heterocycles. The van der Waals surface area contributed by atoms with Gasteiger partial charge in [-0.05, 0) is 56.5 Å². The van der Waals surface area contributed by atoms with Crippen molar-refractivity contribution >= 4 is 11.9 Å². The third kappa shape index (κ3) is 9.72. The van der Waals surface area contributed by atoms with Crippen LogP contribution in [0.2, 0.25) is 0 Å². The molecule has 1 fully saturated rings. The van der Waals surface area contributed by atoms with E-state index in [1.165, 1.54) is 50.9 Å². The lowest BCUT2D eigenvalue weighted by Gasteiger charge is -2.19. The minimum Gasteiger partial charge on any atom is -0.494 e. The van der Waals surface area contributed by atoms with Gasteiger partial charge in [0.1, 0.15) is 5.75 Å². The Bertz CT molecular complexity index is 495. The summed E-state index contributed by atoms with van der Waals surface area (Å²) >= 11 is 0. The van der Waals surface area contributed by atoms with Crippen LogP contribution in [0.5, 0.6) is 5.75 Å². The Morgan fingerprint density at radius 1 is 1.00 bits per heavy atom. The van der Waals surface area contributed by atoms with Crippen LogP contribution in [-0.2, 0) is 16.0 Å². The maximum atomic E-state index is 9.10. The van der Waals surface area contributed by atoms with Crippen molar-refractivity contribution < 1.29 is 24.5 Å². The first kappa shape index (κ1) is 21.0. The van der Waals surface area contributed by atoms with E-state index in [0.29, 0.717) is 0 Å². The largest absolute Gasteiger partial charge is 0.494 e. The second kappa shape index (κ2) is 12.3. The molecule has 25 heavy (non-hydrogen) atoms. The molecule has 1 aromatic rings. The van der Waals surface area contributed by atoms with Crippen molar-refractivity contribution in [1.82, 2.24) is 4.90 Å². The number of carbonyl (C=O) groups is 2. The van der Waals surface area contributed by atoms with Crippen molar-refractivity contribution in [3.63, 3.8) is 0 Å². The van der Waals surface area contributed by atoms with Crippen LogP contribution in [-0.4, -0.2) is 53.3 Å². The zero-order valence-corrected chi connectivity index (χ0v) is 14.9. The molecule has 140 valence electrons. The molecule has 6 nitrogen and oxygen atoms in total. The molecule has 0 radical (unpaired) electrons. The van der Waals surface area contributed by atoms with E-state index in [-0.39, 0.29) is 0 Å². The number of carboxylic acids is 2. The SMILES string of the molecule is CCc1ccc(OCCCN2CCCCCC2)cc1.O=C(O)C(=O)O. The molecule has 1 aliphatic rings. The van der Waals surface area contributed by atoms with Gasteiger partial charge in [-0.2, -0.15) is 0 Å². The van der Waals surface area contributed by atoms with E-state index < -0.39 is 11.9 Å². The quantitative estimate of drug-likeness (QED) is 0.605. The highest BCUT2D eigenvalue weighted by atomic mass is 16.5. The average Bonchev–Trinajstić information content (AvgIpc) is 2.88. The van der Waals surface area contributed by atoms with Gasteiger partial charge in [-0.15, -0.1) is 0 Å². The molecule has 1 aromatic carbocycles. The highest BCUT2D eigenvalue weighted by Crippen LogP contribution is 2.13. The standard InChI is InChI=1S/C17H27NO.C2H2O4/c1-2-16-8-10-17(11-9-16)19-15-7-14-18-12-5-3-4-6-13-18;3-1(4)2(5)6/h8-11H,2-7,12-15H2,1H3;(H,3,4)(H,5,6). The van der Waals surface area contributed by atoms with E-state index in [1.807, 2.05) is 0 Å². The molecule has 2 N–H and O–H groups in total. The molecular formula is C19H29NO5. The Balaban J connectivity index is 0.000000450. The lowest BCUT2D eigenvalue weighted by atomic mass is 10.2. The molecule has 1 saturated heterocycles. The van der Waals surface area contributed by atoms with E-state index in [2.05, 4.69) is 36.1 Å². The summed E-state index contributed by atoms with van der Waals surface area (Å²) in [5.74, 6) is -2.64. The maximum Gasteiger partial charge on any atom is 0.414 e. The van der Waals surface area contributed by atoms with E-state index in [1.54, 1.807) is 0 Å². The van der Waals surface area contributed by atoms with Crippen LogP contribution in [0.4, 0.5) is 0 Å². The predicted octanol–water partition coefficient (Wildman–Crippen LogP) is 3.05. The lowest BCUT2D eigenvalue weighted by molar-refractivity contribution is -0.159. The van der Waals surface area contributed by atoms with Crippen molar-refractivity contribution in [1.29, 1.82) is 0 Å². The molecule has 2 rings (SSSR count). The number of hydrogen-bond acceptors (Lipinski definition) is 4. The van der Waals surface area contributed by atoms with Gasteiger partial charge in [0.2, 0.25) is 0 Å². The van der Waals surface area contributed by atoms with Crippen molar-refractivity contribution in [2.45, 2.75) is 45.4 Å². The minimum absolute atomic E-state index is 0.835. The van der Waals surface area contributed by atoms with Gasteiger partial charge in [0.05, 0.1) is 6.61 Å². The molecule has 0 atom stereocenters. The number of aliphatic carboxylic acids is 2. The van der Waals surface area contributed by atoms with Crippen LogP contribution in [0.15, 0.2) is 24.3 Å². The molecule has 0 aromatic heterocycles. The number of likely N-dealkylation sites (tertiary alicyclic amines) is 1. The van der Waals surface area contributed by atoms with E-state index in [4.69, 9.17) is 24.5 Å². The summed E-state index contributed by atoms with van der Waals surface area (Å²) in [6, 6.07) is 8.49. The number of rotatable bonds is 6. The first-order valence-electron chi connectivity index (χ1n) is 8.93. The second-order valence-corrected chi connectivity index (χ2v) is 6.07. The van der Waals surface area contributed by atoms with Crippen molar-refractivity contribution in [2.24, 2.45) is 0 Å². The molecule has 0 bridgehead atoms. The molecule has 1 heterocycles. The minimum atomic E-state index is -1.82. The van der Waals surface area contributed by atoms with Crippen LogP contribution in [0.3, 0.4) is 0 Å². The Hall–Kier alpha value is -2.08. The van der Waals surface area contributed by atoms with Gasteiger partial charge in [0.15, 0.2) is 0 Å².